The van der Waals surface area contributed by atoms with Crippen LogP contribution in [0.3, 0.4) is 0 Å². The second kappa shape index (κ2) is 14.4. The van der Waals surface area contributed by atoms with Gasteiger partial charge in [-0.15, -0.1) is 22.7 Å². The second-order valence-corrected chi connectivity index (χ2v) is 13.4. The molecule has 0 bridgehead atoms. The zero-order chi connectivity index (χ0) is 32.1. The molecule has 1 aliphatic heterocycles. The molecule has 4 aromatic rings. The van der Waals surface area contributed by atoms with Crippen LogP contribution in [0, 0.1) is 11.8 Å². The van der Waals surface area contributed by atoms with Crippen LogP contribution in [0.5, 0.6) is 23.0 Å². The van der Waals surface area contributed by atoms with Gasteiger partial charge < -0.3 is 23.7 Å². The molecule has 238 valence electrons. The van der Waals surface area contributed by atoms with E-state index in [1.807, 2.05) is 36.4 Å². The van der Waals surface area contributed by atoms with Gasteiger partial charge in [-0.2, -0.15) is 0 Å². The van der Waals surface area contributed by atoms with E-state index < -0.39 is 11.9 Å². The van der Waals surface area contributed by atoms with Crippen LogP contribution in [0.2, 0.25) is 0 Å². The molecule has 2 aromatic heterocycles. The summed E-state index contributed by atoms with van der Waals surface area (Å²) in [5.41, 5.74) is 0. The molecule has 9 nitrogen and oxygen atoms in total. The smallest absolute Gasteiger partial charge is 0.308 e. The molecule has 0 unspecified atom stereocenters. The molecule has 45 heavy (non-hydrogen) atoms. The van der Waals surface area contributed by atoms with E-state index in [0.717, 1.165) is 20.2 Å². The summed E-state index contributed by atoms with van der Waals surface area (Å²) >= 11 is 2.74. The molecular formula is C34H36O9S2. The molecule has 2 atom stereocenters. The van der Waals surface area contributed by atoms with Crippen molar-refractivity contribution < 1.29 is 42.9 Å². The van der Waals surface area contributed by atoms with E-state index in [9.17, 15) is 19.2 Å². The molecule has 1 aliphatic rings. The lowest BCUT2D eigenvalue weighted by Crippen LogP contribution is -2.16. The van der Waals surface area contributed by atoms with Gasteiger partial charge in [0.1, 0.15) is 5.78 Å². The van der Waals surface area contributed by atoms with Crippen molar-refractivity contribution in [2.75, 3.05) is 33.5 Å². The molecule has 11 heteroatoms. The number of ketones is 3. The van der Waals surface area contributed by atoms with E-state index in [2.05, 4.69) is 0 Å². The fraction of sp³-hybridized carbons (Fsp3) is 0.412. The summed E-state index contributed by atoms with van der Waals surface area (Å²) in [7, 11) is 1.32. The number of hydrogen-bond donors (Lipinski definition) is 0. The zero-order valence-corrected chi connectivity index (χ0v) is 27.4. The predicted octanol–water partition coefficient (Wildman–Crippen LogP) is 7.31. The first-order chi connectivity index (χ1) is 21.6. The Kier molecular flexibility index (Phi) is 10.4. The molecule has 0 fully saturated rings. The van der Waals surface area contributed by atoms with Crippen molar-refractivity contribution in [3.63, 3.8) is 0 Å². The predicted molar refractivity (Wildman–Crippen MR) is 174 cm³/mol. The highest BCUT2D eigenvalue weighted by Crippen LogP contribution is 2.39. The number of methoxy groups -OCH3 is 1. The quantitative estimate of drug-likeness (QED) is 0.143. The number of esters is 1. The standard InChI is InChI=1S/C34H36O9S2/c1-19(21(3)35)11-24(36)32-15-22-13-26-28(17-30(22)44-32)42-9-6-8-41-27-14-23-16-33(25(37)12-20(2)34(38)39-4)45-31(23)18-29(27)43-10-5-7-40-26/h13-20H,5-12H2,1-4H3/t19-,20-/m0/s1. The number of rotatable bonds is 8. The maximum Gasteiger partial charge on any atom is 0.308 e. The first kappa shape index (κ1) is 32.4. The average Bonchev–Trinajstić information content (AvgIpc) is 3.63. The number of carbonyl (C=O) groups excluding carboxylic acids is 4. The Hall–Kier alpha value is -3.96. The van der Waals surface area contributed by atoms with Gasteiger partial charge in [0.15, 0.2) is 34.6 Å². The minimum absolute atomic E-state index is 0.0000637. The topological polar surface area (TPSA) is 114 Å². The van der Waals surface area contributed by atoms with E-state index in [-0.39, 0.29) is 36.1 Å². The largest absolute Gasteiger partial charge is 0.490 e. The molecule has 2 aromatic carbocycles. The summed E-state index contributed by atoms with van der Waals surface area (Å²) in [5.74, 6) is 0.945. The first-order valence-corrected chi connectivity index (χ1v) is 16.6. The number of fused-ring (bicyclic) bond motifs is 4. The molecule has 0 spiro atoms. The van der Waals surface area contributed by atoms with Crippen LogP contribution < -0.4 is 18.9 Å². The van der Waals surface area contributed by atoms with Gasteiger partial charge in [0, 0.05) is 53.1 Å². The number of hydrogen-bond acceptors (Lipinski definition) is 11. The third-order valence-electron chi connectivity index (χ3n) is 7.60. The fourth-order valence-electron chi connectivity index (χ4n) is 4.85. The van der Waals surface area contributed by atoms with Crippen molar-refractivity contribution >= 4 is 66.2 Å². The molecule has 0 amide bonds. The molecule has 5 rings (SSSR count). The highest BCUT2D eigenvalue weighted by Gasteiger charge is 2.22. The van der Waals surface area contributed by atoms with Gasteiger partial charge in [-0.05, 0) is 42.0 Å². The molecule has 0 aliphatic carbocycles. The van der Waals surface area contributed by atoms with Gasteiger partial charge in [0.25, 0.3) is 0 Å². The van der Waals surface area contributed by atoms with E-state index in [4.69, 9.17) is 23.7 Å². The average molecular weight is 653 g/mol. The third-order valence-corrected chi connectivity index (χ3v) is 9.88. The molecule has 3 heterocycles. The SMILES string of the molecule is COC(=O)[C@@H](C)CC(=O)c1cc2cc3c(cc2s1)OCCCOc1cc2cc(C(=O)C[C@H](C)C(C)=O)sc2cc1OCCCO3. The van der Waals surface area contributed by atoms with E-state index in [1.54, 1.807) is 13.8 Å². The minimum Gasteiger partial charge on any atom is -0.490 e. The lowest BCUT2D eigenvalue weighted by molar-refractivity contribution is -0.144. The molecular weight excluding hydrogens is 616 g/mol. The lowest BCUT2D eigenvalue weighted by atomic mass is 10.0. The number of Topliss-reactive ketones (excluding diaryl/α,β-unsaturated/α-hetero) is 3. The summed E-state index contributed by atoms with van der Waals surface area (Å²) < 4.78 is 31.0. The summed E-state index contributed by atoms with van der Waals surface area (Å²) in [5, 5.41) is 1.74. The Labute approximate surface area is 269 Å². The monoisotopic (exact) mass is 652 g/mol. The number of benzene rings is 2. The Morgan fingerprint density at radius 2 is 1.07 bits per heavy atom. The Balaban J connectivity index is 1.29. The maximum atomic E-state index is 12.9. The minimum atomic E-state index is -0.519. The van der Waals surface area contributed by atoms with Crippen LogP contribution in [0.4, 0.5) is 0 Å². The van der Waals surface area contributed by atoms with E-state index in [1.165, 1.54) is 36.7 Å². The van der Waals surface area contributed by atoms with Crippen LogP contribution in [0.15, 0.2) is 36.4 Å². The molecule has 0 radical (unpaired) electrons. The third kappa shape index (κ3) is 7.83. The van der Waals surface area contributed by atoms with Gasteiger partial charge >= 0.3 is 5.97 Å². The van der Waals surface area contributed by atoms with Crippen LogP contribution in [0.25, 0.3) is 20.2 Å². The molecule has 0 N–H and O–H groups in total. The van der Waals surface area contributed by atoms with Crippen molar-refractivity contribution in [3.05, 3.63) is 46.2 Å². The van der Waals surface area contributed by atoms with Crippen LogP contribution in [-0.4, -0.2) is 56.9 Å². The lowest BCUT2D eigenvalue weighted by Gasteiger charge is -2.16. The van der Waals surface area contributed by atoms with Crippen LogP contribution in [0.1, 0.15) is 65.8 Å². The van der Waals surface area contributed by atoms with Crippen molar-refractivity contribution in [2.24, 2.45) is 11.8 Å². The number of carbonyl (C=O) groups is 4. The van der Waals surface area contributed by atoms with Crippen molar-refractivity contribution in [3.8, 4) is 23.0 Å². The molecule has 0 saturated heterocycles. The van der Waals surface area contributed by atoms with Gasteiger partial charge in [-0.25, -0.2) is 0 Å². The van der Waals surface area contributed by atoms with Crippen LogP contribution >= 0.6 is 22.7 Å². The van der Waals surface area contributed by atoms with Gasteiger partial charge in [-0.1, -0.05) is 13.8 Å². The number of thiophene rings is 2. The Morgan fingerprint density at radius 3 is 1.47 bits per heavy atom. The van der Waals surface area contributed by atoms with Crippen molar-refractivity contribution in [1.29, 1.82) is 0 Å². The second-order valence-electron chi connectivity index (χ2n) is 11.2. The van der Waals surface area contributed by atoms with Crippen LogP contribution in [-0.2, 0) is 14.3 Å². The summed E-state index contributed by atoms with van der Waals surface area (Å²) in [6.45, 7) is 6.46. The summed E-state index contributed by atoms with van der Waals surface area (Å²) in [4.78, 5) is 50.3. The normalized spacial score (nSPS) is 15.2. The van der Waals surface area contributed by atoms with Gasteiger partial charge in [0.05, 0.1) is 49.2 Å². The number of ether oxygens (including phenoxy) is 5. The zero-order valence-electron chi connectivity index (χ0n) is 25.8. The van der Waals surface area contributed by atoms with E-state index in [0.29, 0.717) is 72.0 Å². The van der Waals surface area contributed by atoms with E-state index >= 15 is 0 Å². The summed E-state index contributed by atoms with van der Waals surface area (Å²) in [6.07, 6.45) is 1.44. The van der Waals surface area contributed by atoms with Gasteiger partial charge in [0.2, 0.25) is 0 Å². The first-order valence-electron chi connectivity index (χ1n) is 14.9. The van der Waals surface area contributed by atoms with Crippen molar-refractivity contribution in [2.45, 2.75) is 46.5 Å². The van der Waals surface area contributed by atoms with Crippen molar-refractivity contribution in [1.82, 2.24) is 0 Å². The summed E-state index contributed by atoms with van der Waals surface area (Å²) in [6, 6.07) is 11.2. The Bertz CT molecular complexity index is 1650. The maximum absolute atomic E-state index is 12.9. The van der Waals surface area contributed by atoms with Gasteiger partial charge in [-0.3, -0.25) is 19.2 Å². The fourth-order valence-corrected chi connectivity index (χ4v) is 6.90. The highest BCUT2D eigenvalue weighted by molar-refractivity contribution is 7.21. The Morgan fingerprint density at radius 1 is 0.667 bits per heavy atom. The highest BCUT2D eigenvalue weighted by atomic mass is 32.1. The molecule has 0 saturated carbocycles.